The van der Waals surface area contributed by atoms with Gasteiger partial charge < -0.3 is 27.9 Å². The van der Waals surface area contributed by atoms with E-state index in [-0.39, 0.29) is 25.8 Å². The molecule has 0 aliphatic carbocycles. The van der Waals surface area contributed by atoms with Crippen molar-refractivity contribution < 1.29 is 37.3 Å². The Kier molecular flexibility index (Phi) is 42.4. The molecule has 0 rings (SSSR count). The lowest BCUT2D eigenvalue weighted by Gasteiger charge is -2.28. The monoisotopic (exact) mass is 854 g/mol. The molecule has 0 aromatic carbocycles. The zero-order valence-electron chi connectivity index (χ0n) is 39.5. The fourth-order valence-electron chi connectivity index (χ4n) is 6.81. The third-order valence-corrected chi connectivity index (χ3v) is 11.6. The topological polar surface area (TPSA) is 94.1 Å². The number of likely N-dealkylation sites (N-methyl/N-ethyl adjacent to an activating group) is 1. The van der Waals surface area contributed by atoms with Crippen LogP contribution in [0.2, 0.25) is 0 Å². The van der Waals surface area contributed by atoms with Gasteiger partial charge in [0.1, 0.15) is 19.3 Å². The summed E-state index contributed by atoms with van der Waals surface area (Å²) in [5.41, 5.74) is 0. The number of allylic oxidation sites excluding steroid dienone is 6. The quantitative estimate of drug-likeness (QED) is 0.0198. The van der Waals surface area contributed by atoms with Crippen LogP contribution in [0.3, 0.4) is 0 Å². The van der Waals surface area contributed by atoms with Crippen molar-refractivity contribution in [3.63, 3.8) is 0 Å². The number of rotatable bonds is 46. The maximum atomic E-state index is 12.7. The minimum Gasteiger partial charge on any atom is -0.756 e. The van der Waals surface area contributed by atoms with E-state index in [9.17, 15) is 14.3 Å². The van der Waals surface area contributed by atoms with Crippen LogP contribution in [0.1, 0.15) is 219 Å². The van der Waals surface area contributed by atoms with Crippen molar-refractivity contribution in [3.05, 3.63) is 36.5 Å². The van der Waals surface area contributed by atoms with Crippen molar-refractivity contribution in [2.24, 2.45) is 0 Å². The molecule has 9 heteroatoms. The van der Waals surface area contributed by atoms with E-state index in [0.717, 1.165) is 38.5 Å². The SMILES string of the molecule is CCCCCCC/C=C\C/C=C\CCCCCCCCCCCC(=O)OC(COCCCCCCCC/C=C\CCCCCCCC)COP(=O)([O-])OCC[N+](C)(C)C. The van der Waals surface area contributed by atoms with Crippen molar-refractivity contribution in [2.45, 2.75) is 225 Å². The Morgan fingerprint density at radius 1 is 0.525 bits per heavy atom. The lowest BCUT2D eigenvalue weighted by Crippen LogP contribution is -2.37. The molecule has 0 aromatic rings. The van der Waals surface area contributed by atoms with Gasteiger partial charge in [0.2, 0.25) is 0 Å². The highest BCUT2D eigenvalue weighted by atomic mass is 31.2. The molecule has 0 spiro atoms. The number of esters is 1. The molecule has 59 heavy (non-hydrogen) atoms. The minimum absolute atomic E-state index is 0.0242. The van der Waals surface area contributed by atoms with Crippen LogP contribution >= 0.6 is 7.82 Å². The second-order valence-corrected chi connectivity index (χ2v) is 19.2. The highest BCUT2D eigenvalue weighted by Gasteiger charge is 2.20. The van der Waals surface area contributed by atoms with Crippen LogP contribution in [0.15, 0.2) is 36.5 Å². The molecule has 0 amide bonds. The first-order valence-electron chi connectivity index (χ1n) is 24.7. The molecule has 0 aliphatic rings. The molecule has 0 radical (unpaired) electrons. The van der Waals surface area contributed by atoms with Crippen molar-refractivity contribution in [1.29, 1.82) is 0 Å². The Bertz CT molecular complexity index is 1040. The lowest BCUT2D eigenvalue weighted by molar-refractivity contribution is -0.870. The number of phosphoric ester groups is 1. The molecule has 348 valence electrons. The molecule has 0 saturated carbocycles. The average molecular weight is 854 g/mol. The average Bonchev–Trinajstić information content (AvgIpc) is 3.19. The van der Waals surface area contributed by atoms with Gasteiger partial charge in [-0.2, -0.15) is 0 Å². The van der Waals surface area contributed by atoms with Crippen LogP contribution in [-0.4, -0.2) is 70.7 Å². The van der Waals surface area contributed by atoms with Crippen molar-refractivity contribution in [2.75, 3.05) is 54.1 Å². The molecule has 0 fully saturated rings. The normalized spacial score (nSPS) is 13.9. The minimum atomic E-state index is -4.53. The molecule has 0 bridgehead atoms. The van der Waals surface area contributed by atoms with Gasteiger partial charge in [0.05, 0.1) is 34.4 Å². The number of quaternary nitrogens is 1. The van der Waals surface area contributed by atoms with Crippen LogP contribution in [0, 0.1) is 0 Å². The summed E-state index contributed by atoms with van der Waals surface area (Å²) < 4.78 is 34.7. The van der Waals surface area contributed by atoms with Crippen LogP contribution < -0.4 is 4.89 Å². The summed E-state index contributed by atoms with van der Waals surface area (Å²) in [7, 11) is 1.35. The Morgan fingerprint density at radius 3 is 1.39 bits per heavy atom. The second-order valence-electron chi connectivity index (χ2n) is 17.8. The second kappa shape index (κ2) is 43.4. The number of nitrogens with zero attached hydrogens (tertiary/aromatic N) is 1. The molecule has 0 saturated heterocycles. The number of unbranched alkanes of at least 4 members (excludes halogenated alkanes) is 26. The summed E-state index contributed by atoms with van der Waals surface area (Å²) in [6.07, 6.45) is 51.6. The van der Waals surface area contributed by atoms with Crippen molar-refractivity contribution >= 4 is 13.8 Å². The predicted octanol–water partition coefficient (Wildman–Crippen LogP) is 14.3. The molecule has 0 heterocycles. The third kappa shape index (κ3) is 47.6. The van der Waals surface area contributed by atoms with Gasteiger partial charge in [-0.15, -0.1) is 0 Å². The van der Waals surface area contributed by atoms with E-state index in [0.29, 0.717) is 24.1 Å². The van der Waals surface area contributed by atoms with Gasteiger partial charge in [0, 0.05) is 13.0 Å². The summed E-state index contributed by atoms with van der Waals surface area (Å²) in [5.74, 6) is -0.339. The van der Waals surface area contributed by atoms with E-state index in [2.05, 4.69) is 50.3 Å². The smallest absolute Gasteiger partial charge is 0.306 e. The molecular formula is C50H96NO7P. The summed E-state index contributed by atoms with van der Waals surface area (Å²) >= 11 is 0. The first-order valence-corrected chi connectivity index (χ1v) is 26.2. The van der Waals surface area contributed by atoms with Gasteiger partial charge in [0.15, 0.2) is 0 Å². The zero-order valence-corrected chi connectivity index (χ0v) is 40.4. The molecule has 2 atom stereocenters. The van der Waals surface area contributed by atoms with Gasteiger partial charge in [-0.25, -0.2) is 0 Å². The fourth-order valence-corrected chi connectivity index (χ4v) is 7.54. The zero-order chi connectivity index (χ0) is 43.4. The lowest BCUT2D eigenvalue weighted by atomic mass is 10.1. The number of phosphoric acid groups is 1. The molecular weight excluding hydrogens is 758 g/mol. The first-order chi connectivity index (χ1) is 28.6. The van der Waals surface area contributed by atoms with E-state index < -0.39 is 13.9 Å². The van der Waals surface area contributed by atoms with E-state index in [4.69, 9.17) is 18.5 Å². The fraction of sp³-hybridized carbons (Fsp3) is 0.860. The standard InChI is InChI=1S/C50H96NO7P/c1-6-8-10-12-14-16-18-20-22-24-25-26-27-28-29-31-33-35-37-39-41-43-50(52)58-49(48-57-59(53,54)56-46-44-51(3,4)5)47-55-45-42-40-38-36-34-32-30-23-21-19-17-15-13-11-9-7-2/h18,20-21,23-25,49H,6-17,19,22,26-48H2,1-5H3/b20-18-,23-21-,25-24-. The maximum absolute atomic E-state index is 12.7. The number of carbonyl (C=O) groups is 1. The van der Waals surface area contributed by atoms with E-state index in [1.807, 2.05) is 21.1 Å². The summed E-state index contributed by atoms with van der Waals surface area (Å²) in [4.78, 5) is 25.1. The Hall–Kier alpha value is -1.28. The van der Waals surface area contributed by atoms with E-state index in [1.165, 1.54) is 161 Å². The van der Waals surface area contributed by atoms with Crippen LogP contribution in [0.5, 0.6) is 0 Å². The molecule has 0 aromatic heterocycles. The predicted molar refractivity (Wildman–Crippen MR) is 250 cm³/mol. The number of hydrogen-bond donors (Lipinski definition) is 0. The van der Waals surface area contributed by atoms with Crippen molar-refractivity contribution in [1.82, 2.24) is 0 Å². The Balaban J connectivity index is 4.17. The van der Waals surface area contributed by atoms with Crippen molar-refractivity contribution in [3.8, 4) is 0 Å². The van der Waals surface area contributed by atoms with Crippen LogP contribution in [0.25, 0.3) is 0 Å². The van der Waals surface area contributed by atoms with Crippen LogP contribution in [-0.2, 0) is 27.9 Å². The highest BCUT2D eigenvalue weighted by molar-refractivity contribution is 7.45. The maximum Gasteiger partial charge on any atom is 0.306 e. The molecule has 0 aliphatic heterocycles. The number of carbonyl (C=O) groups excluding carboxylic acids is 1. The highest BCUT2D eigenvalue weighted by Crippen LogP contribution is 2.38. The van der Waals surface area contributed by atoms with Gasteiger partial charge >= 0.3 is 5.97 Å². The molecule has 8 nitrogen and oxygen atoms in total. The van der Waals surface area contributed by atoms with Gasteiger partial charge in [-0.05, 0) is 70.6 Å². The van der Waals surface area contributed by atoms with Gasteiger partial charge in [-0.3, -0.25) is 9.36 Å². The van der Waals surface area contributed by atoms with Crippen LogP contribution in [0.4, 0.5) is 0 Å². The van der Waals surface area contributed by atoms with Gasteiger partial charge in [0.25, 0.3) is 7.82 Å². The summed E-state index contributed by atoms with van der Waals surface area (Å²) in [6, 6.07) is 0. The largest absolute Gasteiger partial charge is 0.756 e. The first kappa shape index (κ1) is 57.7. The third-order valence-electron chi connectivity index (χ3n) is 10.7. The Morgan fingerprint density at radius 2 is 0.932 bits per heavy atom. The van der Waals surface area contributed by atoms with E-state index in [1.54, 1.807) is 0 Å². The number of hydrogen-bond acceptors (Lipinski definition) is 7. The summed E-state index contributed by atoms with van der Waals surface area (Å²) in [5, 5.41) is 0. The Labute approximate surface area is 365 Å². The van der Waals surface area contributed by atoms with E-state index >= 15 is 0 Å². The molecule has 0 N–H and O–H groups in total. The summed E-state index contributed by atoms with van der Waals surface area (Å²) in [6.45, 7) is 5.40. The number of ether oxygens (including phenoxy) is 2. The molecule has 2 unspecified atom stereocenters. The van der Waals surface area contributed by atoms with Gasteiger partial charge in [-0.1, -0.05) is 179 Å².